The van der Waals surface area contributed by atoms with Crippen LogP contribution in [0.15, 0.2) is 77.8 Å². The Morgan fingerprint density at radius 2 is 2.00 bits per heavy atom. The minimum absolute atomic E-state index is 0.0504. The molecule has 1 aliphatic rings. The van der Waals surface area contributed by atoms with Crippen LogP contribution >= 0.6 is 15.9 Å². The number of hydrogen-bond donors (Lipinski definition) is 0. The molecule has 2 heterocycles. The van der Waals surface area contributed by atoms with E-state index in [1.54, 1.807) is 17.4 Å². The van der Waals surface area contributed by atoms with Gasteiger partial charge in [-0.05, 0) is 23.8 Å². The highest BCUT2D eigenvalue weighted by atomic mass is 79.9. The maximum absolute atomic E-state index is 13.2. The minimum Gasteiger partial charge on any atom is -0.490 e. The lowest BCUT2D eigenvalue weighted by Gasteiger charge is -2.39. The fourth-order valence-corrected chi connectivity index (χ4v) is 4.81. The first kappa shape index (κ1) is 25.0. The maximum Gasteiger partial charge on any atom is 0.224 e. The van der Waals surface area contributed by atoms with E-state index in [9.17, 15) is 9.59 Å². The molecule has 4 rings (SSSR count). The molecule has 7 nitrogen and oxygen atoms in total. The van der Waals surface area contributed by atoms with Crippen molar-refractivity contribution in [3.8, 4) is 5.75 Å². The number of piperidine rings is 1. The van der Waals surface area contributed by atoms with Gasteiger partial charge in [-0.2, -0.15) is 0 Å². The zero-order chi connectivity index (χ0) is 24.6. The van der Waals surface area contributed by atoms with Gasteiger partial charge in [-0.1, -0.05) is 52.3 Å². The van der Waals surface area contributed by atoms with Crippen molar-refractivity contribution in [1.29, 1.82) is 0 Å². The van der Waals surface area contributed by atoms with E-state index in [1.807, 2.05) is 77.3 Å². The molecule has 35 heavy (non-hydrogen) atoms. The molecule has 1 saturated heterocycles. The molecule has 0 aliphatic carbocycles. The molecule has 2 atom stereocenters. The summed E-state index contributed by atoms with van der Waals surface area (Å²) in [6, 6.07) is 17.7. The summed E-state index contributed by atoms with van der Waals surface area (Å²) in [6.45, 7) is 2.27. The lowest BCUT2D eigenvalue weighted by atomic mass is 9.90. The number of amides is 2. The van der Waals surface area contributed by atoms with Gasteiger partial charge in [-0.25, -0.2) is 4.98 Å². The van der Waals surface area contributed by atoms with Gasteiger partial charge in [0.2, 0.25) is 11.8 Å². The monoisotopic (exact) mass is 538 g/mol. The van der Waals surface area contributed by atoms with E-state index in [4.69, 9.17) is 4.74 Å². The second-order valence-corrected chi connectivity index (χ2v) is 9.91. The molecule has 0 spiro atoms. The zero-order valence-electron chi connectivity index (χ0n) is 19.9. The standard InChI is InChI=1S/C27H31BrN4O3/c1-30(18-21-6-3-2-4-7-21)27(34)16-22-19-32(26(33)11-13-31-15-12-29-20-31)14-10-25(22)35-24-9-5-8-23(28)17-24/h2-9,12,15,17,20,22,25H,10-11,13-14,16,18-19H2,1H3/t22-,25-/m0/s1. The molecule has 8 heteroatoms. The van der Waals surface area contributed by atoms with Crippen molar-refractivity contribution < 1.29 is 14.3 Å². The highest BCUT2D eigenvalue weighted by Crippen LogP contribution is 2.28. The van der Waals surface area contributed by atoms with Gasteiger partial charge >= 0.3 is 0 Å². The third-order valence-electron chi connectivity index (χ3n) is 6.37. The first-order valence-electron chi connectivity index (χ1n) is 11.9. The molecule has 0 radical (unpaired) electrons. The van der Waals surface area contributed by atoms with Crippen molar-refractivity contribution in [1.82, 2.24) is 19.4 Å². The third kappa shape index (κ3) is 7.18. The third-order valence-corrected chi connectivity index (χ3v) is 6.86. The van der Waals surface area contributed by atoms with Crippen LogP contribution < -0.4 is 4.74 Å². The quantitative estimate of drug-likeness (QED) is 0.405. The molecule has 1 fully saturated rings. The van der Waals surface area contributed by atoms with Gasteiger partial charge in [0.1, 0.15) is 11.9 Å². The molecular weight excluding hydrogens is 508 g/mol. The van der Waals surface area contributed by atoms with E-state index in [-0.39, 0.29) is 23.8 Å². The van der Waals surface area contributed by atoms with Crippen molar-refractivity contribution >= 4 is 27.7 Å². The SMILES string of the molecule is CN(Cc1ccccc1)C(=O)C[C@H]1CN(C(=O)CCn2ccnc2)CC[C@@H]1Oc1cccc(Br)c1. The van der Waals surface area contributed by atoms with Crippen LogP contribution in [0, 0.1) is 5.92 Å². The summed E-state index contributed by atoms with van der Waals surface area (Å²) in [7, 11) is 1.83. The Morgan fingerprint density at radius 1 is 1.17 bits per heavy atom. The van der Waals surface area contributed by atoms with E-state index in [0.29, 0.717) is 45.4 Å². The molecule has 2 amide bonds. The number of nitrogens with zero attached hydrogens (tertiary/aromatic N) is 4. The fraction of sp³-hybridized carbons (Fsp3) is 0.370. The topological polar surface area (TPSA) is 67.7 Å². The van der Waals surface area contributed by atoms with Gasteiger partial charge in [0.05, 0.1) is 6.33 Å². The molecule has 0 unspecified atom stereocenters. The van der Waals surface area contributed by atoms with E-state index in [1.165, 1.54) is 0 Å². The van der Waals surface area contributed by atoms with Crippen LogP contribution in [0.3, 0.4) is 0 Å². The smallest absolute Gasteiger partial charge is 0.224 e. The number of aryl methyl sites for hydroxylation is 1. The van der Waals surface area contributed by atoms with E-state index in [2.05, 4.69) is 20.9 Å². The van der Waals surface area contributed by atoms with E-state index < -0.39 is 0 Å². The minimum atomic E-state index is -0.143. The lowest BCUT2D eigenvalue weighted by molar-refractivity contribution is -0.139. The van der Waals surface area contributed by atoms with Crippen LogP contribution in [0.25, 0.3) is 0 Å². The van der Waals surface area contributed by atoms with Gasteiger partial charge in [0, 0.05) is 75.3 Å². The number of hydrogen-bond acceptors (Lipinski definition) is 4. The van der Waals surface area contributed by atoms with Crippen LogP contribution in [0.4, 0.5) is 0 Å². The summed E-state index contributed by atoms with van der Waals surface area (Å²) < 4.78 is 9.19. The predicted molar refractivity (Wildman–Crippen MR) is 138 cm³/mol. The predicted octanol–water partition coefficient (Wildman–Crippen LogP) is 4.38. The average molecular weight is 539 g/mol. The number of rotatable bonds is 9. The van der Waals surface area contributed by atoms with Crippen LogP contribution in [-0.4, -0.2) is 57.4 Å². The molecule has 1 aromatic heterocycles. The second-order valence-electron chi connectivity index (χ2n) is 8.99. The van der Waals surface area contributed by atoms with Crippen molar-refractivity contribution in [3.63, 3.8) is 0 Å². The van der Waals surface area contributed by atoms with Gasteiger partial charge < -0.3 is 19.1 Å². The molecular formula is C27H31BrN4O3. The molecule has 184 valence electrons. The van der Waals surface area contributed by atoms with Crippen LogP contribution in [0.1, 0.15) is 24.8 Å². The molecule has 0 saturated carbocycles. The Labute approximate surface area is 214 Å². The second kappa shape index (κ2) is 12.0. The van der Waals surface area contributed by atoms with Gasteiger partial charge in [-0.3, -0.25) is 9.59 Å². The number of carbonyl (C=O) groups is 2. The van der Waals surface area contributed by atoms with Gasteiger partial charge in [0.15, 0.2) is 0 Å². The van der Waals surface area contributed by atoms with Crippen molar-refractivity contribution in [3.05, 3.63) is 83.4 Å². The fourth-order valence-electron chi connectivity index (χ4n) is 4.43. The first-order chi connectivity index (χ1) is 17.0. The lowest BCUT2D eigenvalue weighted by Crippen LogP contribution is -2.49. The number of aromatic nitrogens is 2. The summed E-state index contributed by atoms with van der Waals surface area (Å²) in [4.78, 5) is 33.8. The Bertz CT molecular complexity index is 1110. The summed E-state index contributed by atoms with van der Waals surface area (Å²) in [5.74, 6) is 0.814. The van der Waals surface area contributed by atoms with Crippen molar-refractivity contribution in [2.45, 2.75) is 38.5 Å². The molecule has 0 N–H and O–H groups in total. The average Bonchev–Trinajstić information content (AvgIpc) is 3.38. The Kier molecular flexibility index (Phi) is 8.58. The van der Waals surface area contributed by atoms with E-state index >= 15 is 0 Å². The Morgan fingerprint density at radius 3 is 2.74 bits per heavy atom. The van der Waals surface area contributed by atoms with Gasteiger partial charge in [-0.15, -0.1) is 0 Å². The van der Waals surface area contributed by atoms with Crippen molar-refractivity contribution in [2.75, 3.05) is 20.1 Å². The highest BCUT2D eigenvalue weighted by Gasteiger charge is 2.35. The van der Waals surface area contributed by atoms with Crippen LogP contribution in [-0.2, 0) is 22.7 Å². The number of imidazole rings is 1. The normalized spacial score (nSPS) is 17.7. The molecule has 0 bridgehead atoms. The summed E-state index contributed by atoms with van der Waals surface area (Å²) >= 11 is 3.50. The number of halogens is 1. The molecule has 2 aromatic carbocycles. The zero-order valence-corrected chi connectivity index (χ0v) is 21.5. The number of ether oxygens (including phenoxy) is 1. The Balaban J connectivity index is 1.42. The number of likely N-dealkylation sites (tertiary alicyclic amines) is 1. The van der Waals surface area contributed by atoms with Crippen molar-refractivity contribution in [2.24, 2.45) is 5.92 Å². The largest absolute Gasteiger partial charge is 0.490 e. The van der Waals surface area contributed by atoms with Gasteiger partial charge in [0.25, 0.3) is 0 Å². The summed E-state index contributed by atoms with van der Waals surface area (Å²) in [5.41, 5.74) is 1.09. The summed E-state index contributed by atoms with van der Waals surface area (Å²) in [6.07, 6.45) is 6.56. The van der Waals surface area contributed by atoms with Crippen LogP contribution in [0.2, 0.25) is 0 Å². The molecule has 3 aromatic rings. The molecule has 1 aliphatic heterocycles. The highest BCUT2D eigenvalue weighted by molar-refractivity contribution is 9.10. The van der Waals surface area contributed by atoms with Crippen LogP contribution in [0.5, 0.6) is 5.75 Å². The summed E-state index contributed by atoms with van der Waals surface area (Å²) in [5, 5.41) is 0. The van der Waals surface area contributed by atoms with E-state index in [0.717, 1.165) is 15.8 Å². The number of carbonyl (C=O) groups excluding carboxylic acids is 2. The first-order valence-corrected chi connectivity index (χ1v) is 12.7. The number of benzene rings is 2. The maximum atomic E-state index is 13.2. The Hall–Kier alpha value is -3.13.